The minimum absolute atomic E-state index is 0.0369. The number of piperazine rings is 1. The van der Waals surface area contributed by atoms with Crippen molar-refractivity contribution < 1.29 is 14.0 Å². The lowest BCUT2D eigenvalue weighted by atomic mass is 9.99. The van der Waals surface area contributed by atoms with Gasteiger partial charge in [-0.15, -0.1) is 0 Å². The zero-order valence-electron chi connectivity index (χ0n) is 24.1. The number of amides is 2. The fourth-order valence-corrected chi connectivity index (χ4v) is 5.77. The maximum Gasteiger partial charge on any atom is 0.245 e. The summed E-state index contributed by atoms with van der Waals surface area (Å²) in [5.74, 6) is 0.780. The SMILES string of the molecule is CC(C)CN(C1CCN(C(=O)[C@H](Cc2ccc(Cl)cc2)NC(=O)C[C@@H](N)c2ccco2)CC1)N1CCN(C)CC1. The van der Waals surface area contributed by atoms with Gasteiger partial charge in [-0.05, 0) is 55.6 Å². The van der Waals surface area contributed by atoms with Gasteiger partial charge in [-0.1, -0.05) is 37.6 Å². The Morgan fingerprint density at radius 2 is 1.75 bits per heavy atom. The van der Waals surface area contributed by atoms with Crippen molar-refractivity contribution >= 4 is 23.4 Å². The van der Waals surface area contributed by atoms with Crippen LogP contribution in [0.3, 0.4) is 0 Å². The maximum atomic E-state index is 13.8. The molecular weight excluding hydrogens is 528 g/mol. The van der Waals surface area contributed by atoms with E-state index in [-0.39, 0.29) is 18.2 Å². The predicted octanol–water partition coefficient (Wildman–Crippen LogP) is 3.16. The van der Waals surface area contributed by atoms with Crippen LogP contribution in [-0.4, -0.2) is 96.6 Å². The molecule has 2 fully saturated rings. The van der Waals surface area contributed by atoms with Crippen LogP contribution in [0.1, 0.15) is 50.5 Å². The molecule has 2 aromatic rings. The Labute approximate surface area is 243 Å². The van der Waals surface area contributed by atoms with Crippen LogP contribution in [0.2, 0.25) is 5.02 Å². The number of rotatable bonds is 11. The van der Waals surface area contributed by atoms with Crippen molar-refractivity contribution in [1.82, 2.24) is 25.1 Å². The van der Waals surface area contributed by atoms with Gasteiger partial charge in [-0.2, -0.15) is 0 Å². The first-order valence-corrected chi connectivity index (χ1v) is 14.9. The zero-order valence-corrected chi connectivity index (χ0v) is 24.9. The maximum absolute atomic E-state index is 13.8. The van der Waals surface area contributed by atoms with Gasteiger partial charge in [0.05, 0.1) is 12.3 Å². The molecule has 40 heavy (non-hydrogen) atoms. The Balaban J connectivity index is 1.40. The molecular formula is C30H45ClN6O3. The first-order chi connectivity index (χ1) is 19.2. The minimum Gasteiger partial charge on any atom is -0.468 e. The Hall–Kier alpha value is -2.43. The molecule has 1 aromatic heterocycles. The Morgan fingerprint density at radius 1 is 1.07 bits per heavy atom. The molecule has 2 amide bonds. The van der Waals surface area contributed by atoms with Crippen molar-refractivity contribution in [3.8, 4) is 0 Å². The summed E-state index contributed by atoms with van der Waals surface area (Å²) in [6, 6.07) is 10.1. The van der Waals surface area contributed by atoms with Crippen LogP contribution in [0.4, 0.5) is 0 Å². The number of piperidine rings is 1. The molecule has 9 nitrogen and oxygen atoms in total. The second-order valence-electron chi connectivity index (χ2n) is 11.6. The largest absolute Gasteiger partial charge is 0.468 e. The molecule has 2 aliphatic heterocycles. The molecule has 0 radical (unpaired) electrons. The lowest BCUT2D eigenvalue weighted by Gasteiger charge is -2.47. The Bertz CT molecular complexity index is 1060. The second-order valence-corrected chi connectivity index (χ2v) is 12.0. The molecule has 1 aromatic carbocycles. The molecule has 220 valence electrons. The average Bonchev–Trinajstić information content (AvgIpc) is 3.48. The molecule has 3 heterocycles. The summed E-state index contributed by atoms with van der Waals surface area (Å²) >= 11 is 6.08. The van der Waals surface area contributed by atoms with Gasteiger partial charge in [0.25, 0.3) is 0 Å². The number of benzene rings is 1. The van der Waals surface area contributed by atoms with Crippen molar-refractivity contribution in [3.05, 3.63) is 59.0 Å². The third kappa shape index (κ3) is 8.54. The van der Waals surface area contributed by atoms with Gasteiger partial charge >= 0.3 is 0 Å². The highest BCUT2D eigenvalue weighted by Crippen LogP contribution is 2.23. The topological polar surface area (TPSA) is 98.3 Å². The summed E-state index contributed by atoms with van der Waals surface area (Å²) in [6.45, 7) is 11.1. The van der Waals surface area contributed by atoms with E-state index in [4.69, 9.17) is 21.8 Å². The number of hydrogen-bond donors (Lipinski definition) is 2. The molecule has 3 N–H and O–H groups in total. The van der Waals surface area contributed by atoms with Crippen molar-refractivity contribution in [1.29, 1.82) is 0 Å². The second kappa shape index (κ2) is 14.5. The molecule has 4 rings (SSSR count). The van der Waals surface area contributed by atoms with Crippen molar-refractivity contribution in [2.75, 3.05) is 52.9 Å². The first-order valence-electron chi connectivity index (χ1n) is 14.5. The molecule has 2 saturated heterocycles. The fourth-order valence-electron chi connectivity index (χ4n) is 5.64. The minimum atomic E-state index is -0.682. The van der Waals surface area contributed by atoms with E-state index in [2.05, 4.69) is 41.1 Å². The van der Waals surface area contributed by atoms with Gasteiger partial charge in [-0.25, -0.2) is 10.0 Å². The number of nitrogens with one attached hydrogen (secondary N) is 1. The summed E-state index contributed by atoms with van der Waals surface area (Å²) < 4.78 is 5.35. The number of likely N-dealkylation sites (N-methyl/N-ethyl adjacent to an activating group) is 1. The van der Waals surface area contributed by atoms with Gasteiger partial charge in [0.15, 0.2) is 0 Å². The molecule has 2 atom stereocenters. The quantitative estimate of drug-likeness (QED) is 0.427. The highest BCUT2D eigenvalue weighted by Gasteiger charge is 2.34. The molecule has 0 saturated carbocycles. The predicted molar refractivity (Wildman–Crippen MR) is 158 cm³/mol. The highest BCUT2D eigenvalue weighted by molar-refractivity contribution is 6.30. The molecule has 0 bridgehead atoms. The van der Waals surface area contributed by atoms with Crippen LogP contribution in [0.15, 0.2) is 47.1 Å². The third-order valence-corrected chi connectivity index (χ3v) is 8.15. The molecule has 2 aliphatic rings. The molecule has 0 aliphatic carbocycles. The smallest absolute Gasteiger partial charge is 0.245 e. The average molecular weight is 573 g/mol. The molecule has 10 heteroatoms. The van der Waals surface area contributed by atoms with E-state index in [1.165, 1.54) is 6.26 Å². The van der Waals surface area contributed by atoms with Crippen LogP contribution < -0.4 is 11.1 Å². The van der Waals surface area contributed by atoms with Gasteiger partial charge in [0.2, 0.25) is 11.8 Å². The Morgan fingerprint density at radius 3 is 2.35 bits per heavy atom. The summed E-state index contributed by atoms with van der Waals surface area (Å²) in [7, 11) is 2.18. The van der Waals surface area contributed by atoms with E-state index in [0.29, 0.717) is 42.3 Å². The zero-order chi connectivity index (χ0) is 28.6. The number of nitrogens with zero attached hydrogens (tertiary/aromatic N) is 4. The normalized spacial score (nSPS) is 19.2. The van der Waals surface area contributed by atoms with Gasteiger partial charge < -0.3 is 25.3 Å². The fraction of sp³-hybridized carbons (Fsp3) is 0.600. The Kier molecular flexibility index (Phi) is 11.0. The van der Waals surface area contributed by atoms with E-state index >= 15 is 0 Å². The van der Waals surface area contributed by atoms with Gasteiger partial charge in [0.1, 0.15) is 11.8 Å². The summed E-state index contributed by atoms with van der Waals surface area (Å²) in [6.07, 6.45) is 3.79. The number of carbonyl (C=O) groups excluding carboxylic acids is 2. The van der Waals surface area contributed by atoms with E-state index < -0.39 is 12.1 Å². The molecule has 0 unspecified atom stereocenters. The standard InChI is InChI=1S/C30H45ClN6O3/c1-22(2)21-37(36-16-14-34(3)15-17-36)25-10-12-35(13-11-25)30(39)27(19-23-6-8-24(31)9-7-23)33-29(38)20-26(32)28-5-4-18-40-28/h4-9,18,22,25-27H,10-17,19-21,32H2,1-3H3,(H,33,38)/t26-,27+/m1/s1. The number of furan rings is 1. The third-order valence-electron chi connectivity index (χ3n) is 7.89. The van der Waals surface area contributed by atoms with Crippen molar-refractivity contribution in [2.45, 2.75) is 57.7 Å². The summed E-state index contributed by atoms with van der Waals surface area (Å²) in [4.78, 5) is 31.1. The number of likely N-dealkylation sites (tertiary alicyclic amines) is 1. The number of hydrogen-bond acceptors (Lipinski definition) is 7. The number of carbonyl (C=O) groups is 2. The van der Waals surface area contributed by atoms with Crippen LogP contribution in [-0.2, 0) is 16.0 Å². The van der Waals surface area contributed by atoms with Crippen LogP contribution in [0, 0.1) is 5.92 Å². The lowest BCUT2D eigenvalue weighted by Crippen LogP contribution is -2.60. The summed E-state index contributed by atoms with van der Waals surface area (Å²) in [5.41, 5.74) is 7.11. The monoisotopic (exact) mass is 572 g/mol. The van der Waals surface area contributed by atoms with Crippen molar-refractivity contribution in [2.24, 2.45) is 11.7 Å². The van der Waals surface area contributed by atoms with Gasteiger partial charge in [0, 0.05) is 69.7 Å². The van der Waals surface area contributed by atoms with E-state index in [1.54, 1.807) is 24.3 Å². The number of halogens is 1. The van der Waals surface area contributed by atoms with Crippen LogP contribution in [0.25, 0.3) is 0 Å². The van der Waals surface area contributed by atoms with E-state index in [1.807, 2.05) is 17.0 Å². The van der Waals surface area contributed by atoms with Crippen LogP contribution in [0.5, 0.6) is 0 Å². The van der Waals surface area contributed by atoms with Crippen LogP contribution >= 0.6 is 11.6 Å². The number of nitrogens with two attached hydrogens (primary N) is 1. The molecule has 0 spiro atoms. The first kappa shape index (κ1) is 30.5. The summed E-state index contributed by atoms with van der Waals surface area (Å²) in [5, 5.41) is 8.70. The van der Waals surface area contributed by atoms with Crippen molar-refractivity contribution in [3.63, 3.8) is 0 Å². The van der Waals surface area contributed by atoms with E-state index in [0.717, 1.165) is 51.1 Å². The highest BCUT2D eigenvalue weighted by atomic mass is 35.5. The lowest BCUT2D eigenvalue weighted by molar-refractivity contribution is -0.141. The van der Waals surface area contributed by atoms with Gasteiger partial charge in [-0.3, -0.25) is 9.59 Å². The number of hydrazine groups is 1. The van der Waals surface area contributed by atoms with E-state index in [9.17, 15) is 9.59 Å².